The SMILES string of the molecule is CN(C)C(=O)C1CCC(c2cc(N)n3ncc(-c4cn[nH]c4)c3n2)CN1. The van der Waals surface area contributed by atoms with Crippen LogP contribution in [0.25, 0.3) is 16.8 Å². The standard InChI is InChI=1S/C17H22N8O/c1-24(2)17(26)13-4-3-10(6-19-13)14-5-15(18)25-16(23-14)12(9-22-25)11-7-20-21-8-11/h5,7-10,13,19H,3-4,6,18H2,1-2H3,(H,20,21). The number of hydrogen-bond donors (Lipinski definition) is 3. The maximum atomic E-state index is 12.1. The molecule has 1 aliphatic rings. The number of carbonyl (C=O) groups is 1. The fourth-order valence-electron chi connectivity index (χ4n) is 3.45. The number of H-pyrrole nitrogens is 1. The molecule has 0 radical (unpaired) electrons. The van der Waals surface area contributed by atoms with E-state index in [-0.39, 0.29) is 17.9 Å². The number of aromatic amines is 1. The predicted octanol–water partition coefficient (Wildman–Crippen LogP) is 0.625. The summed E-state index contributed by atoms with van der Waals surface area (Å²) in [7, 11) is 3.56. The number of aromatic nitrogens is 5. The summed E-state index contributed by atoms with van der Waals surface area (Å²) in [5.74, 6) is 0.872. The molecular weight excluding hydrogens is 332 g/mol. The lowest BCUT2D eigenvalue weighted by molar-refractivity contribution is -0.131. The van der Waals surface area contributed by atoms with Gasteiger partial charge in [-0.3, -0.25) is 9.89 Å². The highest BCUT2D eigenvalue weighted by Gasteiger charge is 2.28. The smallest absolute Gasteiger partial charge is 0.239 e. The minimum absolute atomic E-state index is 0.115. The van der Waals surface area contributed by atoms with Crippen LogP contribution in [-0.4, -0.2) is 62.3 Å². The zero-order chi connectivity index (χ0) is 18.3. The molecule has 1 saturated heterocycles. The Morgan fingerprint density at radius 3 is 2.85 bits per heavy atom. The molecule has 9 heteroatoms. The van der Waals surface area contributed by atoms with Crippen molar-refractivity contribution in [3.63, 3.8) is 0 Å². The molecule has 4 heterocycles. The summed E-state index contributed by atoms with van der Waals surface area (Å²) < 4.78 is 1.64. The molecule has 0 saturated carbocycles. The molecule has 2 atom stereocenters. The molecule has 3 aromatic heterocycles. The van der Waals surface area contributed by atoms with Crippen molar-refractivity contribution in [1.29, 1.82) is 0 Å². The van der Waals surface area contributed by atoms with Gasteiger partial charge < -0.3 is 16.0 Å². The second kappa shape index (κ2) is 6.41. The molecule has 136 valence electrons. The maximum absolute atomic E-state index is 12.1. The number of nitrogens with two attached hydrogens (primary N) is 1. The number of fused-ring (bicyclic) bond motifs is 1. The summed E-state index contributed by atoms with van der Waals surface area (Å²) in [6, 6.07) is 1.75. The lowest BCUT2D eigenvalue weighted by atomic mass is 9.91. The Labute approximate surface area is 150 Å². The van der Waals surface area contributed by atoms with E-state index in [9.17, 15) is 4.79 Å². The largest absolute Gasteiger partial charge is 0.384 e. The van der Waals surface area contributed by atoms with Crippen LogP contribution in [0, 0.1) is 0 Å². The first-order valence-corrected chi connectivity index (χ1v) is 8.62. The highest BCUT2D eigenvalue weighted by Crippen LogP contribution is 2.29. The molecule has 26 heavy (non-hydrogen) atoms. The zero-order valence-electron chi connectivity index (χ0n) is 14.8. The number of rotatable bonds is 3. The van der Waals surface area contributed by atoms with E-state index in [1.807, 2.05) is 6.07 Å². The average molecular weight is 354 g/mol. The lowest BCUT2D eigenvalue weighted by Gasteiger charge is -2.30. The van der Waals surface area contributed by atoms with Gasteiger partial charge in [-0.2, -0.15) is 14.7 Å². The normalized spacial score (nSPS) is 20.4. The number of anilines is 1. The number of carbonyl (C=O) groups excluding carboxylic acids is 1. The lowest BCUT2D eigenvalue weighted by Crippen LogP contribution is -2.48. The number of likely N-dealkylation sites (N-methyl/N-ethyl adjacent to an activating group) is 1. The van der Waals surface area contributed by atoms with Crippen molar-refractivity contribution in [2.24, 2.45) is 0 Å². The summed E-state index contributed by atoms with van der Waals surface area (Å²) in [4.78, 5) is 18.6. The van der Waals surface area contributed by atoms with Gasteiger partial charge >= 0.3 is 0 Å². The number of nitrogens with zero attached hydrogens (tertiary/aromatic N) is 5. The van der Waals surface area contributed by atoms with Crippen molar-refractivity contribution in [2.75, 3.05) is 26.4 Å². The minimum atomic E-state index is -0.126. The highest BCUT2D eigenvalue weighted by atomic mass is 16.2. The van der Waals surface area contributed by atoms with Crippen LogP contribution in [0.5, 0.6) is 0 Å². The molecule has 0 spiro atoms. The number of piperidine rings is 1. The Bertz CT molecular complexity index is 922. The van der Waals surface area contributed by atoms with Gasteiger partial charge in [-0.25, -0.2) is 4.98 Å². The molecular formula is C17H22N8O. The van der Waals surface area contributed by atoms with Crippen LogP contribution in [0.1, 0.15) is 24.5 Å². The van der Waals surface area contributed by atoms with Crippen LogP contribution in [0.2, 0.25) is 0 Å². The number of hydrogen-bond acceptors (Lipinski definition) is 6. The van der Waals surface area contributed by atoms with Crippen LogP contribution < -0.4 is 11.1 Å². The predicted molar refractivity (Wildman–Crippen MR) is 97.4 cm³/mol. The van der Waals surface area contributed by atoms with Gasteiger partial charge in [0.15, 0.2) is 5.65 Å². The van der Waals surface area contributed by atoms with Gasteiger partial charge in [0, 0.05) is 49.9 Å². The molecule has 1 amide bonds. The van der Waals surface area contributed by atoms with Crippen molar-refractivity contribution < 1.29 is 4.79 Å². The molecule has 4 N–H and O–H groups in total. The summed E-state index contributed by atoms with van der Waals surface area (Å²) in [6.07, 6.45) is 6.96. The van der Waals surface area contributed by atoms with E-state index in [4.69, 9.17) is 10.7 Å². The number of nitrogens with one attached hydrogen (secondary N) is 2. The van der Waals surface area contributed by atoms with Gasteiger partial charge in [-0.15, -0.1) is 0 Å². The van der Waals surface area contributed by atoms with E-state index < -0.39 is 0 Å². The fraction of sp³-hybridized carbons (Fsp3) is 0.412. The highest BCUT2D eigenvalue weighted by molar-refractivity contribution is 5.81. The third-order valence-corrected chi connectivity index (χ3v) is 4.90. The third kappa shape index (κ3) is 2.80. The molecule has 3 aromatic rings. The third-order valence-electron chi connectivity index (χ3n) is 4.90. The number of amides is 1. The summed E-state index contributed by atoms with van der Waals surface area (Å²) in [5, 5.41) is 14.5. The van der Waals surface area contributed by atoms with Gasteiger partial charge in [-0.1, -0.05) is 0 Å². The van der Waals surface area contributed by atoms with E-state index in [0.717, 1.165) is 29.7 Å². The Hall–Kier alpha value is -2.94. The first kappa shape index (κ1) is 16.5. The van der Waals surface area contributed by atoms with Crippen molar-refractivity contribution in [2.45, 2.75) is 24.8 Å². The Kier molecular flexibility index (Phi) is 4.08. The van der Waals surface area contributed by atoms with Crippen LogP contribution >= 0.6 is 0 Å². The van der Waals surface area contributed by atoms with Gasteiger partial charge in [-0.05, 0) is 12.8 Å². The molecule has 4 rings (SSSR count). The first-order chi connectivity index (χ1) is 12.5. The van der Waals surface area contributed by atoms with E-state index in [1.54, 1.807) is 42.1 Å². The molecule has 1 aliphatic heterocycles. The van der Waals surface area contributed by atoms with E-state index in [1.165, 1.54) is 0 Å². The molecule has 9 nitrogen and oxygen atoms in total. The molecule has 2 unspecified atom stereocenters. The Balaban J connectivity index is 1.62. The van der Waals surface area contributed by atoms with Crippen LogP contribution in [0.3, 0.4) is 0 Å². The van der Waals surface area contributed by atoms with Crippen LogP contribution in [0.15, 0.2) is 24.7 Å². The van der Waals surface area contributed by atoms with E-state index >= 15 is 0 Å². The van der Waals surface area contributed by atoms with Crippen LogP contribution in [0.4, 0.5) is 5.82 Å². The van der Waals surface area contributed by atoms with Crippen molar-refractivity contribution in [1.82, 2.24) is 35.0 Å². The van der Waals surface area contributed by atoms with E-state index in [0.29, 0.717) is 18.0 Å². The quantitative estimate of drug-likeness (QED) is 0.635. The van der Waals surface area contributed by atoms with Crippen molar-refractivity contribution in [3.05, 3.63) is 30.4 Å². The fourth-order valence-corrected chi connectivity index (χ4v) is 3.45. The second-order valence-corrected chi connectivity index (χ2v) is 6.85. The van der Waals surface area contributed by atoms with Gasteiger partial charge in [0.05, 0.1) is 24.1 Å². The average Bonchev–Trinajstić information content (AvgIpc) is 3.30. The van der Waals surface area contributed by atoms with Crippen LogP contribution in [-0.2, 0) is 4.79 Å². The number of nitrogen functional groups attached to an aromatic ring is 1. The van der Waals surface area contributed by atoms with Gasteiger partial charge in [0.25, 0.3) is 0 Å². The Morgan fingerprint density at radius 2 is 2.19 bits per heavy atom. The first-order valence-electron chi connectivity index (χ1n) is 8.62. The summed E-state index contributed by atoms with van der Waals surface area (Å²) in [6.45, 7) is 0.696. The monoisotopic (exact) mass is 354 g/mol. The maximum Gasteiger partial charge on any atom is 0.239 e. The van der Waals surface area contributed by atoms with E-state index in [2.05, 4.69) is 20.6 Å². The van der Waals surface area contributed by atoms with Gasteiger partial charge in [0.2, 0.25) is 5.91 Å². The zero-order valence-corrected chi connectivity index (χ0v) is 14.8. The second-order valence-electron chi connectivity index (χ2n) is 6.85. The summed E-state index contributed by atoms with van der Waals surface area (Å²) >= 11 is 0. The Morgan fingerprint density at radius 1 is 1.35 bits per heavy atom. The molecule has 0 aromatic carbocycles. The van der Waals surface area contributed by atoms with Gasteiger partial charge in [0.1, 0.15) is 5.82 Å². The topological polar surface area (TPSA) is 117 Å². The van der Waals surface area contributed by atoms with Crippen molar-refractivity contribution in [3.8, 4) is 11.1 Å². The molecule has 1 fully saturated rings. The van der Waals surface area contributed by atoms with Crippen molar-refractivity contribution >= 4 is 17.4 Å². The summed E-state index contributed by atoms with van der Waals surface area (Å²) in [5.41, 5.74) is 9.64. The minimum Gasteiger partial charge on any atom is -0.384 e. The molecule has 0 bridgehead atoms. The molecule has 0 aliphatic carbocycles.